The van der Waals surface area contributed by atoms with E-state index in [1.54, 1.807) is 7.11 Å². The lowest BCUT2D eigenvalue weighted by atomic mass is 9.92. The Morgan fingerprint density at radius 1 is 1.15 bits per heavy atom. The van der Waals surface area contributed by atoms with Gasteiger partial charge in [-0.3, -0.25) is 0 Å². The van der Waals surface area contributed by atoms with Crippen LogP contribution in [0.15, 0.2) is 53.6 Å². The van der Waals surface area contributed by atoms with Gasteiger partial charge in [0.1, 0.15) is 5.75 Å². The Balaban J connectivity index is 1.99. The van der Waals surface area contributed by atoms with Crippen LogP contribution >= 0.6 is 0 Å². The van der Waals surface area contributed by atoms with Crippen molar-refractivity contribution < 1.29 is 4.74 Å². The Hall–Kier alpha value is -2.45. The Morgan fingerprint density at radius 3 is 2.60 bits per heavy atom. The molecule has 0 radical (unpaired) electrons. The van der Waals surface area contributed by atoms with E-state index in [-0.39, 0.29) is 12.0 Å². The van der Waals surface area contributed by atoms with Crippen LogP contribution < -0.4 is 4.74 Å². The normalized spacial score (nSPS) is 20.1. The van der Waals surface area contributed by atoms with Crippen molar-refractivity contribution in [3.63, 3.8) is 0 Å². The monoisotopic (exact) mass is 265 g/mol. The summed E-state index contributed by atoms with van der Waals surface area (Å²) in [6.07, 6.45) is 0.909. The van der Waals surface area contributed by atoms with Crippen LogP contribution in [0.2, 0.25) is 0 Å². The van der Waals surface area contributed by atoms with Gasteiger partial charge < -0.3 is 4.74 Å². The molecular weight excluding hydrogens is 250 g/mol. The van der Waals surface area contributed by atoms with Gasteiger partial charge in [0.05, 0.1) is 13.2 Å². The average molecular weight is 265 g/mol. The Morgan fingerprint density at radius 2 is 1.90 bits per heavy atom. The number of ether oxygens (including phenoxy) is 1. The maximum absolute atomic E-state index is 8.84. The molecule has 2 atom stereocenters. The summed E-state index contributed by atoms with van der Waals surface area (Å²) in [5.74, 6) is 1.04. The van der Waals surface area contributed by atoms with Crippen LogP contribution in [-0.2, 0) is 6.42 Å². The van der Waals surface area contributed by atoms with E-state index in [1.165, 1.54) is 11.1 Å². The van der Waals surface area contributed by atoms with Crippen molar-refractivity contribution in [3.05, 3.63) is 75.7 Å². The van der Waals surface area contributed by atoms with Gasteiger partial charge in [0, 0.05) is 10.8 Å². The Labute approximate surface area is 117 Å². The molecule has 2 aromatic rings. The van der Waals surface area contributed by atoms with Crippen molar-refractivity contribution in [1.29, 1.82) is 0 Å². The summed E-state index contributed by atoms with van der Waals surface area (Å²) in [7, 11) is 1.66. The van der Waals surface area contributed by atoms with Gasteiger partial charge >= 0.3 is 0 Å². The fourth-order valence-corrected chi connectivity index (χ4v) is 2.92. The first-order valence-corrected chi connectivity index (χ1v) is 6.59. The van der Waals surface area contributed by atoms with Crippen LogP contribution in [0.4, 0.5) is 0 Å². The van der Waals surface area contributed by atoms with Crippen LogP contribution in [0.5, 0.6) is 5.75 Å². The molecule has 1 aliphatic carbocycles. The SMILES string of the molecule is COc1ccc([C@H]2Cc3ccccc3[C@@H]2N=[N+]=[N-])cc1. The van der Waals surface area contributed by atoms with Crippen molar-refractivity contribution in [2.45, 2.75) is 18.4 Å². The molecule has 0 saturated carbocycles. The van der Waals surface area contributed by atoms with Crippen molar-refractivity contribution in [2.24, 2.45) is 5.11 Å². The molecule has 3 rings (SSSR count). The number of hydrogen-bond donors (Lipinski definition) is 0. The van der Waals surface area contributed by atoms with Crippen LogP contribution in [0.1, 0.15) is 28.7 Å². The second-order valence-electron chi connectivity index (χ2n) is 4.93. The number of hydrogen-bond acceptors (Lipinski definition) is 2. The van der Waals surface area contributed by atoms with Crippen LogP contribution in [-0.4, -0.2) is 7.11 Å². The molecule has 0 spiro atoms. The molecule has 0 amide bonds. The fraction of sp³-hybridized carbons (Fsp3) is 0.250. The van der Waals surface area contributed by atoms with E-state index in [1.807, 2.05) is 24.3 Å². The minimum absolute atomic E-state index is 0.121. The van der Waals surface area contributed by atoms with E-state index in [4.69, 9.17) is 10.3 Å². The first kappa shape index (κ1) is 12.6. The smallest absolute Gasteiger partial charge is 0.118 e. The molecule has 2 aromatic carbocycles. The van der Waals surface area contributed by atoms with Crippen molar-refractivity contribution in [3.8, 4) is 5.75 Å². The molecule has 0 N–H and O–H groups in total. The van der Waals surface area contributed by atoms with Gasteiger partial charge in [-0.2, -0.15) is 0 Å². The molecule has 0 saturated heterocycles. The van der Waals surface area contributed by atoms with Crippen molar-refractivity contribution in [1.82, 2.24) is 0 Å². The lowest BCUT2D eigenvalue weighted by Crippen LogP contribution is -2.03. The molecule has 0 aliphatic heterocycles. The summed E-state index contributed by atoms with van der Waals surface area (Å²) >= 11 is 0. The topological polar surface area (TPSA) is 58.0 Å². The highest BCUT2D eigenvalue weighted by atomic mass is 16.5. The highest BCUT2D eigenvalue weighted by Crippen LogP contribution is 2.45. The van der Waals surface area contributed by atoms with Gasteiger partial charge in [0.15, 0.2) is 0 Å². The highest BCUT2D eigenvalue weighted by Gasteiger charge is 2.32. The zero-order chi connectivity index (χ0) is 13.9. The van der Waals surface area contributed by atoms with Gasteiger partial charge in [-0.25, -0.2) is 0 Å². The van der Waals surface area contributed by atoms with E-state index in [9.17, 15) is 0 Å². The molecule has 1 aliphatic rings. The summed E-state index contributed by atoms with van der Waals surface area (Å²) in [4.78, 5) is 3.03. The molecule has 0 heterocycles. The van der Waals surface area contributed by atoms with E-state index >= 15 is 0 Å². The van der Waals surface area contributed by atoms with Gasteiger partial charge in [-0.1, -0.05) is 41.5 Å². The van der Waals surface area contributed by atoms with Gasteiger partial charge in [-0.05, 0) is 40.8 Å². The van der Waals surface area contributed by atoms with E-state index in [2.05, 4.69) is 34.3 Å². The van der Waals surface area contributed by atoms with E-state index in [0.29, 0.717) is 0 Å². The second kappa shape index (κ2) is 5.27. The molecule has 0 unspecified atom stereocenters. The highest BCUT2D eigenvalue weighted by molar-refractivity contribution is 5.42. The number of benzene rings is 2. The maximum Gasteiger partial charge on any atom is 0.118 e. The quantitative estimate of drug-likeness (QED) is 0.461. The summed E-state index contributed by atoms with van der Waals surface area (Å²) in [5, 5.41) is 4.01. The number of methoxy groups -OCH3 is 1. The Kier molecular flexibility index (Phi) is 3.32. The van der Waals surface area contributed by atoms with E-state index < -0.39 is 0 Å². The van der Waals surface area contributed by atoms with Crippen LogP contribution in [0, 0.1) is 0 Å². The number of nitrogens with zero attached hydrogens (tertiary/aromatic N) is 3. The third kappa shape index (κ3) is 2.10. The average Bonchev–Trinajstić information content (AvgIpc) is 2.87. The molecule has 0 fully saturated rings. The van der Waals surface area contributed by atoms with E-state index in [0.717, 1.165) is 17.7 Å². The zero-order valence-electron chi connectivity index (χ0n) is 11.2. The molecule has 100 valence electrons. The lowest BCUT2D eigenvalue weighted by molar-refractivity contribution is 0.414. The lowest BCUT2D eigenvalue weighted by Gasteiger charge is -2.16. The van der Waals surface area contributed by atoms with Crippen molar-refractivity contribution >= 4 is 0 Å². The minimum Gasteiger partial charge on any atom is -0.497 e. The maximum atomic E-state index is 8.84. The molecule has 4 nitrogen and oxygen atoms in total. The van der Waals surface area contributed by atoms with Gasteiger partial charge in [0.2, 0.25) is 0 Å². The minimum atomic E-state index is -0.121. The predicted molar refractivity (Wildman–Crippen MR) is 77.8 cm³/mol. The largest absolute Gasteiger partial charge is 0.497 e. The molecule has 0 bridgehead atoms. The standard InChI is InChI=1S/C16H15N3O/c1-20-13-8-6-11(7-9-13)15-10-12-4-2-3-5-14(12)16(15)18-19-17/h2-9,15-16H,10H2,1H3/t15-,16+/m1/s1. The molecule has 4 heteroatoms. The summed E-state index contributed by atoms with van der Waals surface area (Å²) < 4.78 is 5.19. The number of azide groups is 1. The molecule has 0 aromatic heterocycles. The third-order valence-corrected chi connectivity index (χ3v) is 3.91. The first-order chi connectivity index (χ1) is 9.83. The van der Waals surface area contributed by atoms with Gasteiger partial charge in [-0.15, -0.1) is 0 Å². The summed E-state index contributed by atoms with van der Waals surface area (Å²) in [6.45, 7) is 0. The third-order valence-electron chi connectivity index (χ3n) is 3.91. The number of rotatable bonds is 3. The predicted octanol–water partition coefficient (Wildman–Crippen LogP) is 4.39. The first-order valence-electron chi connectivity index (χ1n) is 6.59. The number of fused-ring (bicyclic) bond motifs is 1. The Bertz CT molecular complexity index is 660. The zero-order valence-corrected chi connectivity index (χ0v) is 11.2. The van der Waals surface area contributed by atoms with Gasteiger partial charge in [0.25, 0.3) is 0 Å². The second-order valence-corrected chi connectivity index (χ2v) is 4.93. The summed E-state index contributed by atoms with van der Waals surface area (Å²) in [6, 6.07) is 16.1. The fourth-order valence-electron chi connectivity index (χ4n) is 2.92. The van der Waals surface area contributed by atoms with Crippen LogP contribution in [0.3, 0.4) is 0 Å². The van der Waals surface area contributed by atoms with Crippen molar-refractivity contribution in [2.75, 3.05) is 7.11 Å². The molecule has 20 heavy (non-hydrogen) atoms. The van der Waals surface area contributed by atoms with Crippen LogP contribution in [0.25, 0.3) is 10.4 Å². The molecular formula is C16H15N3O. The summed E-state index contributed by atoms with van der Waals surface area (Å²) in [5.41, 5.74) is 12.4.